The van der Waals surface area contributed by atoms with Crippen molar-refractivity contribution in [3.8, 4) is 0 Å². The number of alkyl halides is 3. The van der Waals surface area contributed by atoms with Gasteiger partial charge in [0.1, 0.15) is 0 Å². The fraction of sp³-hybridized carbons (Fsp3) is 1.00. The van der Waals surface area contributed by atoms with E-state index in [9.17, 15) is 21.6 Å². The molecule has 18 heavy (non-hydrogen) atoms. The maximum absolute atomic E-state index is 13.0. The lowest BCUT2D eigenvalue weighted by molar-refractivity contribution is -0.185. The van der Waals surface area contributed by atoms with Gasteiger partial charge in [-0.05, 0) is 51.0 Å². The van der Waals surface area contributed by atoms with Gasteiger partial charge in [-0.1, -0.05) is 0 Å². The van der Waals surface area contributed by atoms with E-state index in [4.69, 9.17) is 0 Å². The molecule has 0 aliphatic heterocycles. The Bertz CT molecular complexity index is 403. The molecule has 0 spiro atoms. The van der Waals surface area contributed by atoms with E-state index in [1.165, 1.54) is 7.05 Å². The number of rotatable bonds is 3. The summed E-state index contributed by atoms with van der Waals surface area (Å²) in [6, 6.07) is 0. The molecule has 3 atom stereocenters. The zero-order valence-corrected chi connectivity index (χ0v) is 11.0. The third-order valence-electron chi connectivity index (χ3n) is 4.22. The Morgan fingerprint density at radius 3 is 2.06 bits per heavy atom. The number of nitrogens with one attached hydrogen (secondary N) is 1. The van der Waals surface area contributed by atoms with Crippen LogP contribution in [0, 0.1) is 17.8 Å². The van der Waals surface area contributed by atoms with Crippen LogP contribution in [0.25, 0.3) is 0 Å². The van der Waals surface area contributed by atoms with Crippen LogP contribution in [-0.2, 0) is 10.0 Å². The second-order valence-corrected chi connectivity index (χ2v) is 7.45. The summed E-state index contributed by atoms with van der Waals surface area (Å²) in [4.78, 5) is 0. The minimum atomic E-state index is -4.43. The SMILES string of the molecule is CNS(=O)(=O)C1CCC(C2CC2)CC1C(F)(F)F. The summed E-state index contributed by atoms with van der Waals surface area (Å²) < 4.78 is 64.5. The van der Waals surface area contributed by atoms with Gasteiger partial charge in [0.2, 0.25) is 10.0 Å². The summed E-state index contributed by atoms with van der Waals surface area (Å²) >= 11 is 0. The monoisotopic (exact) mass is 285 g/mol. The Morgan fingerprint density at radius 1 is 1.06 bits per heavy atom. The first-order valence-corrected chi connectivity index (χ1v) is 7.79. The van der Waals surface area contributed by atoms with Crippen molar-refractivity contribution < 1.29 is 21.6 Å². The lowest BCUT2D eigenvalue weighted by atomic mass is 9.78. The molecule has 0 amide bonds. The predicted octanol–water partition coefficient (Wildman–Crippen LogP) is 2.29. The molecule has 0 saturated heterocycles. The Hall–Kier alpha value is -0.300. The maximum atomic E-state index is 13.0. The Morgan fingerprint density at radius 2 is 1.61 bits per heavy atom. The molecule has 2 rings (SSSR count). The molecule has 7 heteroatoms. The number of sulfonamides is 1. The summed E-state index contributed by atoms with van der Waals surface area (Å²) in [6.45, 7) is 0. The highest BCUT2D eigenvalue weighted by Gasteiger charge is 2.53. The minimum absolute atomic E-state index is 0.0280. The van der Waals surface area contributed by atoms with Crippen molar-refractivity contribution in [2.45, 2.75) is 43.5 Å². The van der Waals surface area contributed by atoms with E-state index in [1.54, 1.807) is 0 Å². The van der Waals surface area contributed by atoms with E-state index in [-0.39, 0.29) is 18.8 Å². The summed E-state index contributed by atoms with van der Waals surface area (Å²) in [7, 11) is -2.68. The second kappa shape index (κ2) is 4.67. The second-order valence-electron chi connectivity index (χ2n) is 5.35. The van der Waals surface area contributed by atoms with Crippen LogP contribution in [-0.4, -0.2) is 26.9 Å². The van der Waals surface area contributed by atoms with Crippen LogP contribution in [0.1, 0.15) is 32.1 Å². The van der Waals surface area contributed by atoms with Crippen molar-refractivity contribution in [1.29, 1.82) is 0 Å². The zero-order chi connectivity index (χ0) is 13.6. The van der Waals surface area contributed by atoms with Gasteiger partial charge in [0.15, 0.2) is 0 Å². The molecule has 106 valence electrons. The molecule has 0 aromatic heterocycles. The van der Waals surface area contributed by atoms with Crippen molar-refractivity contribution >= 4 is 10.0 Å². The number of hydrogen-bond donors (Lipinski definition) is 1. The van der Waals surface area contributed by atoms with Gasteiger partial charge in [0, 0.05) is 0 Å². The molecule has 2 aliphatic carbocycles. The minimum Gasteiger partial charge on any atom is -0.218 e. The molecular weight excluding hydrogens is 267 g/mol. The number of halogens is 3. The van der Waals surface area contributed by atoms with Crippen LogP contribution in [0.4, 0.5) is 13.2 Å². The van der Waals surface area contributed by atoms with Gasteiger partial charge < -0.3 is 0 Å². The number of hydrogen-bond acceptors (Lipinski definition) is 2. The van der Waals surface area contributed by atoms with Crippen molar-refractivity contribution in [2.24, 2.45) is 17.8 Å². The first-order valence-electron chi connectivity index (χ1n) is 6.24. The topological polar surface area (TPSA) is 46.2 Å². The predicted molar refractivity (Wildman–Crippen MR) is 61.4 cm³/mol. The summed E-state index contributed by atoms with van der Waals surface area (Å²) in [5.41, 5.74) is 0. The highest BCUT2D eigenvalue weighted by Crippen LogP contribution is 2.50. The molecule has 2 aliphatic rings. The molecule has 0 aromatic carbocycles. The zero-order valence-electron chi connectivity index (χ0n) is 10.2. The fourth-order valence-corrected chi connectivity index (χ4v) is 4.49. The van der Waals surface area contributed by atoms with E-state index in [0.717, 1.165) is 12.8 Å². The smallest absolute Gasteiger partial charge is 0.218 e. The quantitative estimate of drug-likeness (QED) is 0.865. The van der Waals surface area contributed by atoms with Crippen LogP contribution < -0.4 is 4.72 Å². The van der Waals surface area contributed by atoms with Crippen molar-refractivity contribution in [3.05, 3.63) is 0 Å². The molecule has 0 heterocycles. The Labute approximate surface area is 105 Å². The van der Waals surface area contributed by atoms with Crippen LogP contribution in [0.3, 0.4) is 0 Å². The molecule has 0 aromatic rings. The van der Waals surface area contributed by atoms with Crippen LogP contribution >= 0.6 is 0 Å². The molecular formula is C11H18F3NO2S. The van der Waals surface area contributed by atoms with Gasteiger partial charge in [-0.25, -0.2) is 13.1 Å². The first kappa shape index (κ1) is 14.1. The van der Waals surface area contributed by atoms with Gasteiger partial charge in [0.25, 0.3) is 0 Å². The average Bonchev–Trinajstić information content (AvgIpc) is 3.11. The summed E-state index contributed by atoms with van der Waals surface area (Å²) in [6.07, 6.45) is -1.74. The Kier molecular flexibility index (Phi) is 3.66. The van der Waals surface area contributed by atoms with E-state index in [2.05, 4.69) is 0 Å². The van der Waals surface area contributed by atoms with E-state index >= 15 is 0 Å². The molecule has 3 nitrogen and oxygen atoms in total. The van der Waals surface area contributed by atoms with Gasteiger partial charge in [0.05, 0.1) is 11.2 Å². The normalized spacial score (nSPS) is 34.6. The van der Waals surface area contributed by atoms with Gasteiger partial charge in [-0.3, -0.25) is 0 Å². The molecule has 2 fully saturated rings. The van der Waals surface area contributed by atoms with E-state index in [0.29, 0.717) is 12.3 Å². The van der Waals surface area contributed by atoms with E-state index in [1.807, 2.05) is 4.72 Å². The molecule has 0 radical (unpaired) electrons. The maximum Gasteiger partial charge on any atom is 0.393 e. The Balaban J connectivity index is 2.19. The van der Waals surface area contributed by atoms with Gasteiger partial charge in [-0.2, -0.15) is 13.2 Å². The average molecular weight is 285 g/mol. The molecule has 0 bridgehead atoms. The lowest BCUT2D eigenvalue weighted by Crippen LogP contribution is -2.47. The summed E-state index contributed by atoms with van der Waals surface area (Å²) in [5.74, 6) is -1.26. The third kappa shape index (κ3) is 2.82. The molecule has 2 saturated carbocycles. The highest BCUT2D eigenvalue weighted by atomic mass is 32.2. The lowest BCUT2D eigenvalue weighted by Gasteiger charge is -2.36. The van der Waals surface area contributed by atoms with Crippen molar-refractivity contribution in [2.75, 3.05) is 7.05 Å². The molecule has 3 unspecified atom stereocenters. The highest BCUT2D eigenvalue weighted by molar-refractivity contribution is 7.90. The standard InChI is InChI=1S/C11H18F3NO2S/c1-15-18(16,17)10-5-4-8(7-2-3-7)6-9(10)11(12,13)14/h7-10,15H,2-6H2,1H3. The fourth-order valence-electron chi connectivity index (χ4n) is 3.04. The van der Waals surface area contributed by atoms with Crippen molar-refractivity contribution in [1.82, 2.24) is 4.72 Å². The van der Waals surface area contributed by atoms with Crippen molar-refractivity contribution in [3.63, 3.8) is 0 Å². The summed E-state index contributed by atoms with van der Waals surface area (Å²) in [5, 5.41) is -1.32. The van der Waals surface area contributed by atoms with Crippen LogP contribution in [0.2, 0.25) is 0 Å². The molecule has 1 N–H and O–H groups in total. The van der Waals surface area contributed by atoms with Gasteiger partial charge >= 0.3 is 6.18 Å². The van der Waals surface area contributed by atoms with E-state index < -0.39 is 27.4 Å². The van der Waals surface area contributed by atoms with Gasteiger partial charge in [-0.15, -0.1) is 0 Å². The van der Waals surface area contributed by atoms with Crippen LogP contribution in [0.15, 0.2) is 0 Å². The van der Waals surface area contributed by atoms with Crippen LogP contribution in [0.5, 0.6) is 0 Å². The largest absolute Gasteiger partial charge is 0.393 e. The first-order chi connectivity index (χ1) is 8.25. The third-order valence-corrected chi connectivity index (χ3v) is 6.15.